The van der Waals surface area contributed by atoms with Crippen LogP contribution in [0.2, 0.25) is 0 Å². The van der Waals surface area contributed by atoms with Crippen LogP contribution >= 0.6 is 22.7 Å². The van der Waals surface area contributed by atoms with E-state index in [4.69, 9.17) is 0 Å². The van der Waals surface area contributed by atoms with Crippen LogP contribution in [-0.2, 0) is 14.8 Å². The second-order valence-corrected chi connectivity index (χ2v) is 10.8. The van der Waals surface area contributed by atoms with Crippen molar-refractivity contribution in [2.75, 3.05) is 18.4 Å². The molecular weight excluding hydrogens is 479 g/mol. The van der Waals surface area contributed by atoms with Gasteiger partial charge in [-0.05, 0) is 37.1 Å². The van der Waals surface area contributed by atoms with Crippen molar-refractivity contribution < 1.29 is 22.5 Å². The Hall–Kier alpha value is -2.74. The van der Waals surface area contributed by atoms with Crippen molar-refractivity contribution in [1.82, 2.24) is 9.29 Å². The topological polar surface area (TPSA) is 123 Å². The van der Waals surface area contributed by atoms with Gasteiger partial charge >= 0.3 is 0 Å². The summed E-state index contributed by atoms with van der Waals surface area (Å²) < 4.78 is 40.1. The molecule has 168 valence electrons. The van der Waals surface area contributed by atoms with Gasteiger partial charge in [-0.1, -0.05) is 0 Å². The molecule has 0 saturated carbocycles. The van der Waals surface area contributed by atoms with Gasteiger partial charge in [-0.25, -0.2) is 17.8 Å². The maximum absolute atomic E-state index is 13.1. The standard InChI is InChI=1S/C19H17FN4O5S3/c20-13-3-5-15(6-4-13)32(28,29)23-7-1-2-12(9-23)18(25)22-19-21-16(11-31-19)17-8-14(10-30-17)24(26)27/h3-6,8,10-12H,1-2,7,9H2,(H,21,22,25). The van der Waals surface area contributed by atoms with Gasteiger partial charge in [-0.3, -0.25) is 14.9 Å². The Balaban J connectivity index is 1.43. The predicted octanol–water partition coefficient (Wildman–Crippen LogP) is 3.96. The van der Waals surface area contributed by atoms with Crippen molar-refractivity contribution in [3.05, 3.63) is 57.0 Å². The Bertz CT molecular complexity index is 1260. The normalized spacial score (nSPS) is 17.2. The number of aromatic nitrogens is 1. The minimum atomic E-state index is -3.83. The smallest absolute Gasteiger partial charge is 0.280 e. The summed E-state index contributed by atoms with van der Waals surface area (Å²) in [5.74, 6) is -1.43. The second-order valence-electron chi connectivity index (χ2n) is 7.11. The van der Waals surface area contributed by atoms with Crippen LogP contribution in [0.3, 0.4) is 0 Å². The van der Waals surface area contributed by atoms with Gasteiger partial charge in [0.25, 0.3) is 5.69 Å². The Morgan fingerprint density at radius 1 is 1.25 bits per heavy atom. The second kappa shape index (κ2) is 9.02. The van der Waals surface area contributed by atoms with Crippen LogP contribution in [0.1, 0.15) is 12.8 Å². The summed E-state index contributed by atoms with van der Waals surface area (Å²) in [6.07, 6.45) is 1.04. The van der Waals surface area contributed by atoms with Gasteiger partial charge in [0.05, 0.1) is 31.7 Å². The highest BCUT2D eigenvalue weighted by Crippen LogP contribution is 2.33. The molecule has 13 heteroatoms. The minimum absolute atomic E-state index is 0.0148. The number of thiophene rings is 1. The lowest BCUT2D eigenvalue weighted by atomic mass is 9.99. The van der Waals surface area contributed by atoms with Gasteiger partial charge in [0.1, 0.15) is 5.82 Å². The predicted molar refractivity (Wildman–Crippen MR) is 119 cm³/mol. The molecule has 1 aliphatic heterocycles. The Morgan fingerprint density at radius 3 is 2.69 bits per heavy atom. The van der Waals surface area contributed by atoms with Gasteiger partial charge in [-0.15, -0.1) is 22.7 Å². The van der Waals surface area contributed by atoms with E-state index < -0.39 is 26.7 Å². The summed E-state index contributed by atoms with van der Waals surface area (Å²) >= 11 is 2.37. The number of nitrogens with zero attached hydrogens (tertiary/aromatic N) is 3. The highest BCUT2D eigenvalue weighted by molar-refractivity contribution is 7.89. The SMILES string of the molecule is O=C(Nc1nc(-c2cc([N+](=O)[O-])cs2)cs1)C1CCCN(S(=O)(=O)c2ccc(F)cc2)C1. The molecule has 0 radical (unpaired) electrons. The first-order valence-electron chi connectivity index (χ1n) is 9.49. The summed E-state index contributed by atoms with van der Waals surface area (Å²) in [7, 11) is -3.83. The number of carbonyl (C=O) groups is 1. The molecule has 9 nitrogen and oxygen atoms in total. The molecule has 0 aliphatic carbocycles. The number of anilines is 1. The summed E-state index contributed by atoms with van der Waals surface area (Å²) in [6, 6.07) is 6.01. The summed E-state index contributed by atoms with van der Waals surface area (Å²) in [5, 5.41) is 17.0. The molecule has 3 heterocycles. The van der Waals surface area contributed by atoms with Gasteiger partial charge in [0, 0.05) is 24.5 Å². The summed E-state index contributed by atoms with van der Waals surface area (Å²) in [5.41, 5.74) is 0.501. The molecule has 1 saturated heterocycles. The lowest BCUT2D eigenvalue weighted by molar-refractivity contribution is -0.384. The van der Waals surface area contributed by atoms with Crippen molar-refractivity contribution in [1.29, 1.82) is 0 Å². The fraction of sp³-hybridized carbons (Fsp3) is 0.263. The maximum Gasteiger partial charge on any atom is 0.280 e. The van der Waals surface area contributed by atoms with E-state index in [1.165, 1.54) is 50.6 Å². The van der Waals surface area contributed by atoms with E-state index in [1.54, 1.807) is 5.38 Å². The number of amides is 1. The van der Waals surface area contributed by atoms with Crippen LogP contribution < -0.4 is 5.32 Å². The van der Waals surface area contributed by atoms with Crippen molar-refractivity contribution >= 4 is 49.4 Å². The zero-order chi connectivity index (χ0) is 22.9. The number of rotatable bonds is 6. The molecule has 32 heavy (non-hydrogen) atoms. The average molecular weight is 497 g/mol. The number of piperidine rings is 1. The summed E-state index contributed by atoms with van der Waals surface area (Å²) in [4.78, 5) is 28.0. The third-order valence-corrected chi connectivity index (χ3v) is 8.57. The Morgan fingerprint density at radius 2 is 2.00 bits per heavy atom. The number of carbonyl (C=O) groups excluding carboxylic acids is 1. The third kappa shape index (κ3) is 4.70. The largest absolute Gasteiger partial charge is 0.302 e. The summed E-state index contributed by atoms with van der Waals surface area (Å²) in [6.45, 7) is 0.295. The van der Waals surface area contributed by atoms with Gasteiger partial charge < -0.3 is 5.32 Å². The van der Waals surface area contributed by atoms with Crippen molar-refractivity contribution in [3.8, 4) is 10.6 Å². The fourth-order valence-electron chi connectivity index (χ4n) is 3.34. The van der Waals surface area contributed by atoms with E-state index in [2.05, 4.69) is 10.3 Å². The van der Waals surface area contributed by atoms with E-state index in [9.17, 15) is 27.7 Å². The van der Waals surface area contributed by atoms with Gasteiger partial charge in [-0.2, -0.15) is 4.31 Å². The highest BCUT2D eigenvalue weighted by Gasteiger charge is 2.33. The number of nitro groups is 1. The first kappa shape index (κ1) is 22.5. The number of halogens is 1. The van der Waals surface area contributed by atoms with E-state index in [-0.39, 0.29) is 29.6 Å². The number of hydrogen-bond acceptors (Lipinski definition) is 8. The molecule has 1 aromatic carbocycles. The maximum atomic E-state index is 13.1. The molecule has 1 unspecified atom stereocenters. The van der Waals surface area contributed by atoms with Crippen LogP contribution in [0.25, 0.3) is 10.6 Å². The first-order valence-corrected chi connectivity index (χ1v) is 12.7. The van der Waals surface area contributed by atoms with Crippen LogP contribution in [0.4, 0.5) is 15.2 Å². The molecule has 0 spiro atoms. The Kier molecular flexibility index (Phi) is 6.33. The molecule has 2 aromatic heterocycles. The molecular formula is C19H17FN4O5S3. The van der Waals surface area contributed by atoms with Crippen LogP contribution in [0.5, 0.6) is 0 Å². The molecule has 4 rings (SSSR count). The van der Waals surface area contributed by atoms with E-state index in [0.717, 1.165) is 12.1 Å². The zero-order valence-corrected chi connectivity index (χ0v) is 18.9. The quantitative estimate of drug-likeness (QED) is 0.407. The monoisotopic (exact) mass is 496 g/mol. The number of sulfonamides is 1. The van der Waals surface area contributed by atoms with E-state index >= 15 is 0 Å². The average Bonchev–Trinajstić information content (AvgIpc) is 3.44. The van der Waals surface area contributed by atoms with Crippen molar-refractivity contribution in [2.45, 2.75) is 17.7 Å². The lowest BCUT2D eigenvalue weighted by Crippen LogP contribution is -2.43. The molecule has 1 aliphatic rings. The Labute approximate surface area is 190 Å². The third-order valence-electron chi connectivity index (χ3n) is 4.99. The van der Waals surface area contributed by atoms with Crippen LogP contribution in [0.15, 0.2) is 46.0 Å². The van der Waals surface area contributed by atoms with Crippen molar-refractivity contribution in [2.24, 2.45) is 5.92 Å². The van der Waals surface area contributed by atoms with Gasteiger partial charge in [0.2, 0.25) is 15.9 Å². The molecule has 3 aromatic rings. The molecule has 1 N–H and O–H groups in total. The van der Waals surface area contributed by atoms with Crippen LogP contribution in [-0.4, -0.2) is 41.6 Å². The van der Waals surface area contributed by atoms with E-state index in [0.29, 0.717) is 28.5 Å². The van der Waals surface area contributed by atoms with Crippen molar-refractivity contribution in [3.63, 3.8) is 0 Å². The van der Waals surface area contributed by atoms with Crippen LogP contribution in [0, 0.1) is 21.8 Å². The number of hydrogen-bond donors (Lipinski definition) is 1. The fourth-order valence-corrected chi connectivity index (χ4v) is 6.47. The zero-order valence-electron chi connectivity index (χ0n) is 16.4. The minimum Gasteiger partial charge on any atom is -0.302 e. The van der Waals surface area contributed by atoms with E-state index in [1.807, 2.05) is 0 Å². The molecule has 1 amide bonds. The molecule has 1 atom stereocenters. The lowest BCUT2D eigenvalue weighted by Gasteiger charge is -2.31. The number of thiazole rings is 1. The number of nitrogens with one attached hydrogen (secondary N) is 1. The molecule has 0 bridgehead atoms. The number of benzene rings is 1. The molecule has 1 fully saturated rings. The van der Waals surface area contributed by atoms with Gasteiger partial charge in [0.15, 0.2) is 5.13 Å². The first-order chi connectivity index (χ1) is 15.2. The highest BCUT2D eigenvalue weighted by atomic mass is 32.2.